The van der Waals surface area contributed by atoms with Crippen LogP contribution < -0.4 is 9.50 Å². The van der Waals surface area contributed by atoms with Gasteiger partial charge in [0, 0.05) is 17.0 Å². The van der Waals surface area contributed by atoms with Crippen molar-refractivity contribution in [2.45, 2.75) is 24.7 Å². The molecule has 0 fully saturated rings. The molecule has 7 nitrogen and oxygen atoms in total. The highest BCUT2D eigenvalue weighted by atomic mass is 79.9. The van der Waals surface area contributed by atoms with Gasteiger partial charge in [0.1, 0.15) is 10.6 Å². The smallest absolute Gasteiger partial charge is 0.339 e. The van der Waals surface area contributed by atoms with Crippen LogP contribution in [0.3, 0.4) is 0 Å². The number of carbonyl (C=O) groups excluding carboxylic acids is 1. The van der Waals surface area contributed by atoms with Crippen molar-refractivity contribution in [1.82, 2.24) is 0 Å². The number of benzene rings is 3. The first-order valence-corrected chi connectivity index (χ1v) is 12.4. The van der Waals surface area contributed by atoms with Gasteiger partial charge in [-0.05, 0) is 82.9 Å². The average Bonchev–Trinajstić information content (AvgIpc) is 2.78. The number of aryl methyl sites for hydroxylation is 2. The molecule has 176 valence electrons. The molecule has 9 heteroatoms. The third-order valence-electron chi connectivity index (χ3n) is 4.74. The standard InChI is InChI=1S/C25H22BrNO6S/c1-17-5-10-21(11-6-17)34(31,32)33-20-4-2-3-18(15-20)8-13-24(28)27-23-16-19(7-12-22(23)26)9-14-25(29)30/h2-7,9-12,14-16H,8,13H2,1H3,(H,27,28)(H,29,30)/b14-9+. The zero-order valence-electron chi connectivity index (χ0n) is 18.2. The summed E-state index contributed by atoms with van der Waals surface area (Å²) in [5.41, 5.74) is 2.82. The number of hydrogen-bond donors (Lipinski definition) is 2. The summed E-state index contributed by atoms with van der Waals surface area (Å²) in [6.07, 6.45) is 2.96. The maximum atomic E-state index is 12.5. The molecule has 0 saturated carbocycles. The zero-order chi connectivity index (χ0) is 24.7. The molecule has 0 unspecified atom stereocenters. The van der Waals surface area contributed by atoms with Crippen molar-refractivity contribution < 1.29 is 27.3 Å². The number of carbonyl (C=O) groups is 2. The quantitative estimate of drug-likeness (QED) is 0.283. The minimum Gasteiger partial charge on any atom is -0.478 e. The van der Waals surface area contributed by atoms with Gasteiger partial charge in [0.05, 0.1) is 5.69 Å². The molecular weight excluding hydrogens is 522 g/mol. The van der Waals surface area contributed by atoms with E-state index in [0.29, 0.717) is 22.1 Å². The van der Waals surface area contributed by atoms with Crippen LogP contribution in [0, 0.1) is 6.92 Å². The SMILES string of the molecule is Cc1ccc(S(=O)(=O)Oc2cccc(CCC(=O)Nc3cc(/C=C/C(=O)O)ccc3Br)c2)cc1. The minimum absolute atomic E-state index is 0.0638. The van der Waals surface area contributed by atoms with E-state index in [2.05, 4.69) is 21.2 Å². The fraction of sp³-hybridized carbons (Fsp3) is 0.120. The molecule has 0 aliphatic heterocycles. The number of hydrogen-bond acceptors (Lipinski definition) is 5. The Morgan fingerprint density at radius 1 is 1.06 bits per heavy atom. The lowest BCUT2D eigenvalue weighted by molar-refractivity contribution is -0.131. The monoisotopic (exact) mass is 543 g/mol. The Morgan fingerprint density at radius 2 is 1.79 bits per heavy atom. The molecule has 1 amide bonds. The Kier molecular flexibility index (Phi) is 8.25. The molecule has 2 N–H and O–H groups in total. The van der Waals surface area contributed by atoms with Gasteiger partial charge >= 0.3 is 16.1 Å². The number of aliphatic carboxylic acids is 1. The molecule has 0 radical (unpaired) electrons. The summed E-state index contributed by atoms with van der Waals surface area (Å²) >= 11 is 3.37. The molecule has 0 saturated heterocycles. The lowest BCUT2D eigenvalue weighted by Gasteiger charge is -2.10. The van der Waals surface area contributed by atoms with E-state index in [1.165, 1.54) is 18.2 Å². The third-order valence-corrected chi connectivity index (χ3v) is 6.69. The predicted octanol–water partition coefficient (Wildman–Crippen LogP) is 5.19. The number of nitrogens with one attached hydrogen (secondary N) is 1. The molecule has 0 bridgehead atoms. The minimum atomic E-state index is -3.96. The predicted molar refractivity (Wildman–Crippen MR) is 133 cm³/mol. The number of anilines is 1. The molecule has 34 heavy (non-hydrogen) atoms. The van der Waals surface area contributed by atoms with Crippen molar-refractivity contribution in [3.63, 3.8) is 0 Å². The molecule has 3 rings (SSSR count). The van der Waals surface area contributed by atoms with Crippen LogP contribution in [0.4, 0.5) is 5.69 Å². The van der Waals surface area contributed by atoms with Crippen LogP contribution in [0.1, 0.15) is 23.1 Å². The summed E-state index contributed by atoms with van der Waals surface area (Å²) in [6.45, 7) is 1.86. The lowest BCUT2D eigenvalue weighted by Crippen LogP contribution is -2.13. The molecule has 0 aliphatic carbocycles. The van der Waals surface area contributed by atoms with E-state index < -0.39 is 16.1 Å². The number of carboxylic acid groups (broad SMARTS) is 1. The molecule has 0 aromatic heterocycles. The highest BCUT2D eigenvalue weighted by molar-refractivity contribution is 9.10. The zero-order valence-corrected chi connectivity index (χ0v) is 20.6. The van der Waals surface area contributed by atoms with E-state index in [1.807, 2.05) is 6.92 Å². The van der Waals surface area contributed by atoms with Gasteiger partial charge in [0.25, 0.3) is 0 Å². The Labute approximate surface area is 206 Å². The van der Waals surface area contributed by atoms with E-state index in [9.17, 15) is 18.0 Å². The van der Waals surface area contributed by atoms with Crippen molar-refractivity contribution in [3.8, 4) is 5.75 Å². The van der Waals surface area contributed by atoms with Gasteiger partial charge in [-0.1, -0.05) is 35.9 Å². The van der Waals surface area contributed by atoms with Gasteiger partial charge in [-0.2, -0.15) is 8.42 Å². The second kappa shape index (κ2) is 11.1. The van der Waals surface area contributed by atoms with Crippen molar-refractivity contribution in [1.29, 1.82) is 0 Å². The van der Waals surface area contributed by atoms with E-state index in [-0.39, 0.29) is 23.0 Å². The van der Waals surface area contributed by atoms with E-state index in [1.54, 1.807) is 54.6 Å². The maximum absolute atomic E-state index is 12.5. The van der Waals surface area contributed by atoms with Crippen LogP contribution in [0.2, 0.25) is 0 Å². The fourth-order valence-corrected chi connectivity index (χ4v) is 4.28. The normalized spacial score (nSPS) is 11.4. The molecular formula is C25H22BrNO6S. The Morgan fingerprint density at radius 3 is 2.50 bits per heavy atom. The highest BCUT2D eigenvalue weighted by Crippen LogP contribution is 2.25. The molecule has 0 atom stereocenters. The average molecular weight is 544 g/mol. The first-order chi connectivity index (χ1) is 16.1. The van der Waals surface area contributed by atoms with Crippen LogP contribution in [-0.4, -0.2) is 25.4 Å². The number of rotatable bonds is 9. The highest BCUT2D eigenvalue weighted by Gasteiger charge is 2.16. The van der Waals surface area contributed by atoms with Crippen LogP contribution in [0.15, 0.2) is 82.2 Å². The van der Waals surface area contributed by atoms with Crippen molar-refractivity contribution >= 4 is 49.7 Å². The van der Waals surface area contributed by atoms with Gasteiger partial charge in [-0.15, -0.1) is 0 Å². The maximum Gasteiger partial charge on any atom is 0.339 e. The summed E-state index contributed by atoms with van der Waals surface area (Å²) in [5, 5.41) is 11.6. The van der Waals surface area contributed by atoms with Crippen LogP contribution >= 0.6 is 15.9 Å². The van der Waals surface area contributed by atoms with Gasteiger partial charge in [-0.3, -0.25) is 4.79 Å². The molecule has 3 aromatic carbocycles. The van der Waals surface area contributed by atoms with Gasteiger partial charge in [-0.25, -0.2) is 4.79 Å². The number of halogens is 1. The fourth-order valence-electron chi connectivity index (χ4n) is 3.01. The number of amides is 1. The Balaban J connectivity index is 1.63. The Hall–Kier alpha value is -3.43. The van der Waals surface area contributed by atoms with Gasteiger partial charge in [0.15, 0.2) is 0 Å². The first kappa shape index (κ1) is 25.2. The third kappa shape index (κ3) is 7.29. The first-order valence-electron chi connectivity index (χ1n) is 10.2. The second-order valence-corrected chi connectivity index (χ2v) is 9.86. The van der Waals surface area contributed by atoms with Crippen molar-refractivity contribution in [2.75, 3.05) is 5.32 Å². The van der Waals surface area contributed by atoms with Crippen LogP contribution in [0.25, 0.3) is 6.08 Å². The van der Waals surface area contributed by atoms with Crippen molar-refractivity contribution in [2.24, 2.45) is 0 Å². The van der Waals surface area contributed by atoms with E-state index in [4.69, 9.17) is 9.29 Å². The molecule has 0 spiro atoms. The lowest BCUT2D eigenvalue weighted by atomic mass is 10.1. The Bertz CT molecular complexity index is 1330. The van der Waals surface area contributed by atoms with Gasteiger partial charge in [0.2, 0.25) is 5.91 Å². The summed E-state index contributed by atoms with van der Waals surface area (Å²) in [4.78, 5) is 23.2. The molecule has 0 heterocycles. The molecule has 3 aromatic rings. The van der Waals surface area contributed by atoms with E-state index in [0.717, 1.165) is 17.2 Å². The van der Waals surface area contributed by atoms with Crippen LogP contribution in [0.5, 0.6) is 5.75 Å². The van der Waals surface area contributed by atoms with Crippen LogP contribution in [-0.2, 0) is 26.1 Å². The summed E-state index contributed by atoms with van der Waals surface area (Å²) in [7, 11) is -3.96. The van der Waals surface area contributed by atoms with Gasteiger partial charge < -0.3 is 14.6 Å². The summed E-state index contributed by atoms with van der Waals surface area (Å²) < 4.78 is 30.9. The second-order valence-electron chi connectivity index (χ2n) is 7.46. The molecule has 0 aliphatic rings. The largest absolute Gasteiger partial charge is 0.478 e. The number of carboxylic acids is 1. The topological polar surface area (TPSA) is 110 Å². The summed E-state index contributed by atoms with van der Waals surface area (Å²) in [6, 6.07) is 18.0. The van der Waals surface area contributed by atoms with E-state index >= 15 is 0 Å². The summed E-state index contributed by atoms with van der Waals surface area (Å²) in [5.74, 6) is -1.15. The van der Waals surface area contributed by atoms with Crippen molar-refractivity contribution in [3.05, 3.63) is 94.0 Å².